The fraction of sp³-hybridized carbons (Fsp3) is 0.538. The molecule has 0 saturated heterocycles. The second-order valence-electron chi connectivity index (χ2n) is 4.95. The number of hydrogen-bond donors (Lipinski definition) is 1. The molecule has 1 unspecified atom stereocenters. The standard InChI is InChI=1S/C13H18BrNO2S/c14-11-6-3-7-12(8-11)18(16,17)9-13(15)10-4-1-2-5-10/h3,6-8,10,13H,1-2,4-5,9,15H2. The highest BCUT2D eigenvalue weighted by atomic mass is 79.9. The van der Waals surface area contributed by atoms with E-state index in [-0.39, 0.29) is 11.8 Å². The van der Waals surface area contributed by atoms with Gasteiger partial charge in [0.15, 0.2) is 9.84 Å². The second kappa shape index (κ2) is 5.72. The van der Waals surface area contributed by atoms with Gasteiger partial charge in [0.25, 0.3) is 0 Å². The monoisotopic (exact) mass is 331 g/mol. The summed E-state index contributed by atoms with van der Waals surface area (Å²) in [6.07, 6.45) is 4.48. The van der Waals surface area contributed by atoms with Crippen LogP contribution in [0.4, 0.5) is 0 Å². The average molecular weight is 332 g/mol. The van der Waals surface area contributed by atoms with E-state index < -0.39 is 9.84 Å². The Hall–Kier alpha value is -0.390. The van der Waals surface area contributed by atoms with Gasteiger partial charge in [-0.1, -0.05) is 34.8 Å². The molecule has 1 atom stereocenters. The molecule has 0 amide bonds. The zero-order chi connectivity index (χ0) is 13.2. The van der Waals surface area contributed by atoms with Crippen LogP contribution in [0.15, 0.2) is 33.6 Å². The van der Waals surface area contributed by atoms with Crippen molar-refractivity contribution in [3.63, 3.8) is 0 Å². The van der Waals surface area contributed by atoms with Crippen LogP contribution >= 0.6 is 15.9 Å². The normalized spacial score (nSPS) is 19.0. The van der Waals surface area contributed by atoms with Crippen LogP contribution in [-0.2, 0) is 9.84 Å². The second-order valence-corrected chi connectivity index (χ2v) is 7.90. The van der Waals surface area contributed by atoms with Crippen molar-refractivity contribution in [3.05, 3.63) is 28.7 Å². The van der Waals surface area contributed by atoms with Gasteiger partial charge in [-0.05, 0) is 37.0 Å². The van der Waals surface area contributed by atoms with Crippen LogP contribution < -0.4 is 5.73 Å². The average Bonchev–Trinajstić information content (AvgIpc) is 2.82. The van der Waals surface area contributed by atoms with Crippen LogP contribution in [0.5, 0.6) is 0 Å². The molecule has 1 aliphatic rings. The summed E-state index contributed by atoms with van der Waals surface area (Å²) in [5.41, 5.74) is 6.05. The molecule has 0 heterocycles. The van der Waals surface area contributed by atoms with Crippen molar-refractivity contribution in [2.75, 3.05) is 5.75 Å². The van der Waals surface area contributed by atoms with E-state index in [1.807, 2.05) is 6.07 Å². The van der Waals surface area contributed by atoms with Crippen LogP contribution in [-0.4, -0.2) is 20.2 Å². The SMILES string of the molecule is NC(CS(=O)(=O)c1cccc(Br)c1)C1CCCC1. The van der Waals surface area contributed by atoms with Crippen molar-refractivity contribution in [2.45, 2.75) is 36.6 Å². The minimum Gasteiger partial charge on any atom is -0.327 e. The largest absolute Gasteiger partial charge is 0.327 e. The van der Waals surface area contributed by atoms with Gasteiger partial charge >= 0.3 is 0 Å². The Labute approximate surface area is 117 Å². The van der Waals surface area contributed by atoms with E-state index in [1.54, 1.807) is 18.2 Å². The van der Waals surface area contributed by atoms with E-state index in [2.05, 4.69) is 15.9 Å². The molecule has 3 nitrogen and oxygen atoms in total. The quantitative estimate of drug-likeness (QED) is 0.922. The Kier molecular flexibility index (Phi) is 4.45. The summed E-state index contributed by atoms with van der Waals surface area (Å²) in [5, 5.41) is 0. The van der Waals surface area contributed by atoms with Gasteiger partial charge in [0.2, 0.25) is 0 Å². The third-order valence-electron chi connectivity index (χ3n) is 3.57. The fourth-order valence-corrected chi connectivity index (χ4v) is 4.65. The number of nitrogens with two attached hydrogens (primary N) is 1. The summed E-state index contributed by atoms with van der Waals surface area (Å²) in [5.74, 6) is 0.417. The third kappa shape index (κ3) is 3.33. The molecule has 0 radical (unpaired) electrons. The van der Waals surface area contributed by atoms with Crippen LogP contribution in [0.2, 0.25) is 0 Å². The van der Waals surface area contributed by atoms with E-state index in [9.17, 15) is 8.42 Å². The molecular weight excluding hydrogens is 314 g/mol. The van der Waals surface area contributed by atoms with Crippen LogP contribution in [0.3, 0.4) is 0 Å². The zero-order valence-electron chi connectivity index (χ0n) is 10.2. The van der Waals surface area contributed by atoms with Gasteiger partial charge in [0, 0.05) is 10.5 Å². The molecule has 0 aliphatic heterocycles. The summed E-state index contributed by atoms with van der Waals surface area (Å²) < 4.78 is 25.3. The van der Waals surface area contributed by atoms with Crippen LogP contribution in [0.25, 0.3) is 0 Å². The first kappa shape index (κ1) is 14.0. The molecule has 18 heavy (non-hydrogen) atoms. The molecule has 0 bridgehead atoms. The van der Waals surface area contributed by atoms with E-state index in [0.717, 1.165) is 17.3 Å². The van der Waals surface area contributed by atoms with Gasteiger partial charge in [-0.2, -0.15) is 0 Å². The van der Waals surface area contributed by atoms with Gasteiger partial charge in [-0.3, -0.25) is 0 Å². The number of hydrogen-bond acceptors (Lipinski definition) is 3. The van der Waals surface area contributed by atoms with Gasteiger partial charge < -0.3 is 5.73 Å². The highest BCUT2D eigenvalue weighted by molar-refractivity contribution is 9.10. The minimum atomic E-state index is -3.27. The molecule has 2 rings (SSSR count). The molecule has 100 valence electrons. The minimum absolute atomic E-state index is 0.0497. The van der Waals surface area contributed by atoms with Crippen LogP contribution in [0, 0.1) is 5.92 Å². The maximum Gasteiger partial charge on any atom is 0.179 e. The summed E-state index contributed by atoms with van der Waals surface area (Å²) in [6, 6.07) is 6.57. The molecule has 1 aromatic carbocycles. The third-order valence-corrected chi connectivity index (χ3v) is 5.86. The van der Waals surface area contributed by atoms with Gasteiger partial charge in [-0.25, -0.2) is 8.42 Å². The predicted molar refractivity (Wildman–Crippen MR) is 76.1 cm³/mol. The van der Waals surface area contributed by atoms with Crippen molar-refractivity contribution < 1.29 is 8.42 Å². The molecule has 1 saturated carbocycles. The van der Waals surface area contributed by atoms with Gasteiger partial charge in [0.1, 0.15) is 0 Å². The number of rotatable bonds is 4. The van der Waals surface area contributed by atoms with Crippen molar-refractivity contribution in [2.24, 2.45) is 11.7 Å². The maximum absolute atomic E-state index is 12.3. The van der Waals surface area contributed by atoms with Crippen molar-refractivity contribution in [3.8, 4) is 0 Å². The maximum atomic E-state index is 12.3. The fourth-order valence-electron chi connectivity index (χ4n) is 2.53. The highest BCUT2D eigenvalue weighted by Crippen LogP contribution is 2.28. The topological polar surface area (TPSA) is 60.2 Å². The van der Waals surface area contributed by atoms with E-state index in [1.165, 1.54) is 12.8 Å². The molecule has 1 fully saturated rings. The molecular formula is C13H18BrNO2S. The van der Waals surface area contributed by atoms with Gasteiger partial charge in [-0.15, -0.1) is 0 Å². The van der Waals surface area contributed by atoms with E-state index in [4.69, 9.17) is 5.73 Å². The Morgan fingerprint density at radius 2 is 2.00 bits per heavy atom. The van der Waals surface area contributed by atoms with Crippen molar-refractivity contribution >= 4 is 25.8 Å². The number of halogens is 1. The molecule has 1 aliphatic carbocycles. The predicted octanol–water partition coefficient (Wildman–Crippen LogP) is 2.74. The molecule has 2 N–H and O–H groups in total. The Morgan fingerprint density at radius 3 is 2.61 bits per heavy atom. The van der Waals surface area contributed by atoms with Crippen molar-refractivity contribution in [1.82, 2.24) is 0 Å². The lowest BCUT2D eigenvalue weighted by Gasteiger charge is -2.18. The lowest BCUT2D eigenvalue weighted by molar-refractivity contribution is 0.455. The van der Waals surface area contributed by atoms with Crippen molar-refractivity contribution in [1.29, 1.82) is 0 Å². The highest BCUT2D eigenvalue weighted by Gasteiger charge is 2.27. The Morgan fingerprint density at radius 1 is 1.33 bits per heavy atom. The molecule has 0 aromatic heterocycles. The van der Waals surface area contributed by atoms with E-state index >= 15 is 0 Å². The summed E-state index contributed by atoms with van der Waals surface area (Å²) in [4.78, 5) is 0.352. The lowest BCUT2D eigenvalue weighted by atomic mass is 10.0. The number of benzene rings is 1. The first-order chi connectivity index (χ1) is 8.49. The Bertz CT molecular complexity index is 509. The van der Waals surface area contributed by atoms with Gasteiger partial charge in [0.05, 0.1) is 10.6 Å². The molecule has 5 heteroatoms. The van der Waals surface area contributed by atoms with E-state index in [0.29, 0.717) is 10.8 Å². The zero-order valence-corrected chi connectivity index (χ0v) is 12.6. The summed E-state index contributed by atoms with van der Waals surface area (Å²) in [7, 11) is -3.27. The Balaban J connectivity index is 2.11. The summed E-state index contributed by atoms with van der Waals surface area (Å²) >= 11 is 3.29. The summed E-state index contributed by atoms with van der Waals surface area (Å²) in [6.45, 7) is 0. The first-order valence-electron chi connectivity index (χ1n) is 6.23. The molecule has 1 aromatic rings. The van der Waals surface area contributed by atoms with Crippen LogP contribution in [0.1, 0.15) is 25.7 Å². The lowest BCUT2D eigenvalue weighted by Crippen LogP contribution is -2.35. The smallest absolute Gasteiger partial charge is 0.179 e. The first-order valence-corrected chi connectivity index (χ1v) is 8.67. The molecule has 0 spiro atoms. The number of sulfone groups is 1.